The first-order chi connectivity index (χ1) is 7.79. The third-order valence-corrected chi connectivity index (χ3v) is 2.23. The zero-order valence-electron chi connectivity index (χ0n) is 10.9. The summed E-state index contributed by atoms with van der Waals surface area (Å²) >= 11 is 0. The molecule has 0 radical (unpaired) electrons. The maximum absolute atomic E-state index is 11.7. The molecule has 0 fully saturated rings. The predicted molar refractivity (Wildman–Crippen MR) is 62.1 cm³/mol. The average molecular weight is 244 g/mol. The van der Waals surface area contributed by atoms with Gasteiger partial charge in [0.05, 0.1) is 7.11 Å². The molecule has 98 valence electrons. The molecule has 2 amide bonds. The molecular formula is C11H20N2O4. The van der Waals surface area contributed by atoms with Gasteiger partial charge < -0.3 is 15.4 Å². The molecule has 0 aromatic carbocycles. The van der Waals surface area contributed by atoms with Gasteiger partial charge >= 0.3 is 5.97 Å². The number of nitrogens with one attached hydrogen (secondary N) is 2. The van der Waals surface area contributed by atoms with E-state index < -0.39 is 24.0 Å². The van der Waals surface area contributed by atoms with Crippen molar-refractivity contribution in [3.63, 3.8) is 0 Å². The molecule has 0 aliphatic carbocycles. The lowest BCUT2D eigenvalue weighted by molar-refractivity contribution is -0.146. The minimum Gasteiger partial charge on any atom is -0.467 e. The summed E-state index contributed by atoms with van der Waals surface area (Å²) < 4.78 is 4.59. The molecule has 6 nitrogen and oxygen atoms in total. The molecule has 6 heteroatoms. The number of amides is 2. The topological polar surface area (TPSA) is 84.5 Å². The van der Waals surface area contributed by atoms with Gasteiger partial charge in [0.15, 0.2) is 0 Å². The van der Waals surface area contributed by atoms with E-state index in [9.17, 15) is 14.4 Å². The molecule has 0 bridgehead atoms. The lowest BCUT2D eigenvalue weighted by Crippen LogP contribution is -2.52. The van der Waals surface area contributed by atoms with Crippen molar-refractivity contribution in [1.29, 1.82) is 0 Å². The van der Waals surface area contributed by atoms with E-state index in [1.54, 1.807) is 20.8 Å². The van der Waals surface area contributed by atoms with E-state index in [1.165, 1.54) is 14.0 Å². The second-order valence-electron chi connectivity index (χ2n) is 4.18. The number of hydrogen-bond donors (Lipinski definition) is 2. The summed E-state index contributed by atoms with van der Waals surface area (Å²) in [5, 5.41) is 4.98. The summed E-state index contributed by atoms with van der Waals surface area (Å²) in [4.78, 5) is 33.9. The average Bonchev–Trinajstić information content (AvgIpc) is 2.22. The molecule has 2 N–H and O–H groups in total. The SMILES string of the molecule is COC(=O)[C@H](NC(=O)[C@@H](C)NC(C)=O)C(C)C. The van der Waals surface area contributed by atoms with E-state index >= 15 is 0 Å². The van der Waals surface area contributed by atoms with Crippen molar-refractivity contribution in [3.05, 3.63) is 0 Å². The number of carbonyl (C=O) groups is 3. The summed E-state index contributed by atoms with van der Waals surface area (Å²) in [6.07, 6.45) is 0. The number of methoxy groups -OCH3 is 1. The molecule has 0 spiro atoms. The van der Waals surface area contributed by atoms with Crippen LogP contribution < -0.4 is 10.6 Å². The molecule has 0 rings (SSSR count). The van der Waals surface area contributed by atoms with E-state index in [0.29, 0.717) is 0 Å². The lowest BCUT2D eigenvalue weighted by Gasteiger charge is -2.22. The normalized spacial score (nSPS) is 13.8. The molecule has 0 aliphatic heterocycles. The second kappa shape index (κ2) is 6.88. The van der Waals surface area contributed by atoms with Crippen molar-refractivity contribution in [2.75, 3.05) is 7.11 Å². The molecule has 0 aliphatic rings. The van der Waals surface area contributed by atoms with Gasteiger partial charge in [0.2, 0.25) is 11.8 Å². The number of carbonyl (C=O) groups excluding carboxylic acids is 3. The summed E-state index contributed by atoms with van der Waals surface area (Å²) in [6.45, 7) is 6.46. The maximum atomic E-state index is 11.7. The fraction of sp³-hybridized carbons (Fsp3) is 0.727. The maximum Gasteiger partial charge on any atom is 0.328 e. The molecule has 0 heterocycles. The van der Waals surface area contributed by atoms with E-state index in [0.717, 1.165) is 0 Å². The Hall–Kier alpha value is -1.59. The van der Waals surface area contributed by atoms with Crippen molar-refractivity contribution in [2.24, 2.45) is 5.92 Å². The van der Waals surface area contributed by atoms with Crippen LogP contribution in [0.1, 0.15) is 27.7 Å². The van der Waals surface area contributed by atoms with Crippen LogP contribution in [0.2, 0.25) is 0 Å². The third kappa shape index (κ3) is 5.33. The van der Waals surface area contributed by atoms with Gasteiger partial charge in [0.25, 0.3) is 0 Å². The van der Waals surface area contributed by atoms with Crippen LogP contribution in [0, 0.1) is 5.92 Å². The minimum atomic E-state index is -0.705. The molecule has 2 atom stereocenters. The van der Waals surface area contributed by atoms with Crippen molar-refractivity contribution < 1.29 is 19.1 Å². The van der Waals surface area contributed by atoms with Gasteiger partial charge in [-0.2, -0.15) is 0 Å². The summed E-state index contributed by atoms with van der Waals surface area (Å²) in [7, 11) is 1.26. The van der Waals surface area contributed by atoms with Crippen molar-refractivity contribution in [2.45, 2.75) is 39.8 Å². The number of ether oxygens (including phenoxy) is 1. The lowest BCUT2D eigenvalue weighted by atomic mass is 10.0. The van der Waals surface area contributed by atoms with Crippen LogP contribution in [0.3, 0.4) is 0 Å². The zero-order chi connectivity index (χ0) is 13.6. The largest absolute Gasteiger partial charge is 0.467 e. The highest BCUT2D eigenvalue weighted by Crippen LogP contribution is 2.03. The Morgan fingerprint density at radius 3 is 1.94 bits per heavy atom. The molecule has 0 saturated carbocycles. The van der Waals surface area contributed by atoms with E-state index in [-0.39, 0.29) is 11.8 Å². The Kier molecular flexibility index (Phi) is 6.23. The fourth-order valence-electron chi connectivity index (χ4n) is 1.27. The monoisotopic (exact) mass is 244 g/mol. The Balaban J connectivity index is 4.50. The van der Waals surface area contributed by atoms with Gasteiger partial charge in [0, 0.05) is 6.92 Å². The zero-order valence-corrected chi connectivity index (χ0v) is 10.9. The molecule has 0 unspecified atom stereocenters. The van der Waals surface area contributed by atoms with Crippen LogP contribution in [0.15, 0.2) is 0 Å². The van der Waals surface area contributed by atoms with Gasteiger partial charge in [-0.05, 0) is 12.8 Å². The van der Waals surface area contributed by atoms with E-state index in [2.05, 4.69) is 15.4 Å². The molecule has 0 aromatic heterocycles. The molecule has 0 aromatic rings. The molecule has 17 heavy (non-hydrogen) atoms. The number of esters is 1. The first-order valence-corrected chi connectivity index (χ1v) is 5.44. The highest BCUT2D eigenvalue weighted by molar-refractivity contribution is 5.90. The van der Waals surface area contributed by atoms with Crippen LogP contribution in [-0.2, 0) is 19.1 Å². The van der Waals surface area contributed by atoms with Crippen LogP contribution in [0.5, 0.6) is 0 Å². The summed E-state index contributed by atoms with van der Waals surface area (Å²) in [6, 6.07) is -1.39. The number of rotatable bonds is 5. The van der Waals surface area contributed by atoms with Crippen molar-refractivity contribution in [3.8, 4) is 0 Å². The Morgan fingerprint density at radius 2 is 1.59 bits per heavy atom. The van der Waals surface area contributed by atoms with Crippen LogP contribution >= 0.6 is 0 Å². The first kappa shape index (κ1) is 15.4. The van der Waals surface area contributed by atoms with Crippen LogP contribution in [-0.4, -0.2) is 37.0 Å². The Morgan fingerprint density at radius 1 is 1.06 bits per heavy atom. The first-order valence-electron chi connectivity index (χ1n) is 5.44. The van der Waals surface area contributed by atoms with E-state index in [1.807, 2.05) is 0 Å². The van der Waals surface area contributed by atoms with Crippen molar-refractivity contribution >= 4 is 17.8 Å². The van der Waals surface area contributed by atoms with Gasteiger partial charge in [-0.25, -0.2) is 4.79 Å². The standard InChI is InChI=1S/C11H20N2O4/c1-6(2)9(11(16)17-5)13-10(15)7(3)12-8(4)14/h6-7,9H,1-5H3,(H,12,14)(H,13,15)/t7-,9-/m1/s1. The van der Waals surface area contributed by atoms with Gasteiger partial charge in [0.1, 0.15) is 12.1 Å². The van der Waals surface area contributed by atoms with Gasteiger partial charge in [-0.15, -0.1) is 0 Å². The third-order valence-electron chi connectivity index (χ3n) is 2.23. The van der Waals surface area contributed by atoms with Crippen LogP contribution in [0.4, 0.5) is 0 Å². The molecule has 0 saturated heterocycles. The quantitative estimate of drug-likeness (QED) is 0.657. The Bertz CT molecular complexity index is 302. The van der Waals surface area contributed by atoms with E-state index in [4.69, 9.17) is 0 Å². The number of hydrogen-bond acceptors (Lipinski definition) is 4. The fourth-order valence-corrected chi connectivity index (χ4v) is 1.27. The minimum absolute atomic E-state index is 0.0871. The Labute approximate surface area is 101 Å². The van der Waals surface area contributed by atoms with Gasteiger partial charge in [-0.3, -0.25) is 9.59 Å². The highest BCUT2D eigenvalue weighted by atomic mass is 16.5. The summed E-state index contributed by atoms with van der Waals surface area (Å²) in [5.41, 5.74) is 0. The molecular weight excluding hydrogens is 224 g/mol. The highest BCUT2D eigenvalue weighted by Gasteiger charge is 2.26. The second-order valence-corrected chi connectivity index (χ2v) is 4.18. The summed E-state index contributed by atoms with van der Waals surface area (Å²) in [5.74, 6) is -1.30. The van der Waals surface area contributed by atoms with Gasteiger partial charge in [-0.1, -0.05) is 13.8 Å². The predicted octanol–water partition coefficient (Wildman–Crippen LogP) is -0.175. The van der Waals surface area contributed by atoms with Crippen LogP contribution in [0.25, 0.3) is 0 Å². The van der Waals surface area contributed by atoms with Crippen molar-refractivity contribution in [1.82, 2.24) is 10.6 Å². The smallest absolute Gasteiger partial charge is 0.328 e.